The van der Waals surface area contributed by atoms with Gasteiger partial charge >= 0.3 is 0 Å². The maximum atomic E-state index is 4.09. The van der Waals surface area contributed by atoms with Crippen molar-refractivity contribution < 1.29 is 0 Å². The van der Waals surface area contributed by atoms with Crippen molar-refractivity contribution in [1.82, 2.24) is 10.4 Å². The Morgan fingerprint density at radius 2 is 0.404 bits per heavy atom. The minimum Gasteiger partial charge on any atom is -0.255 e. The van der Waals surface area contributed by atoms with E-state index < -0.39 is 0 Å². The highest BCUT2D eigenvalue weighted by atomic mass is 15.5. The van der Waals surface area contributed by atoms with Crippen molar-refractivity contribution in [3.8, 4) is 0 Å². The molecule has 0 bridgehead atoms. The number of nitrogens with zero attached hydrogens (tertiary/aromatic N) is 1. The van der Waals surface area contributed by atoms with E-state index in [-0.39, 0.29) is 0 Å². The maximum absolute atomic E-state index is 4.09. The van der Waals surface area contributed by atoms with Gasteiger partial charge in [-0.25, -0.2) is 5.01 Å². The first-order valence-corrected chi connectivity index (χ1v) is 25.5. The Labute approximate surface area is 330 Å². The van der Waals surface area contributed by atoms with Gasteiger partial charge in [0.05, 0.1) is 0 Å². The molecule has 2 nitrogen and oxygen atoms in total. The van der Waals surface area contributed by atoms with Crippen molar-refractivity contribution in [2.75, 3.05) is 13.1 Å². The average Bonchev–Trinajstić information content (AvgIpc) is 3.15. The summed E-state index contributed by atoms with van der Waals surface area (Å²) in [5.74, 6) is 0. The summed E-state index contributed by atoms with van der Waals surface area (Å²) in [4.78, 5) is 0. The third-order valence-corrected chi connectivity index (χ3v) is 13.2. The van der Waals surface area contributed by atoms with E-state index in [2.05, 4.69) is 10.4 Å². The SMILES string of the molecule is C1CCCCCCCCCCCCC(N2CCCCCCCCCCCCCCCCCCCCCCCCN2)CCCCCCCCCCCC1. The molecule has 2 fully saturated rings. The first kappa shape index (κ1) is 48.1. The lowest BCUT2D eigenvalue weighted by atomic mass is 9.98. The fraction of sp³-hybridized carbons (Fsp3) is 1.00. The normalized spacial score (nSPS) is 25.2. The summed E-state index contributed by atoms with van der Waals surface area (Å²) < 4.78 is 0. The van der Waals surface area contributed by atoms with Gasteiger partial charge in [-0.2, -0.15) is 0 Å². The Morgan fingerprint density at radius 1 is 0.212 bits per heavy atom. The number of hydrogen-bond donors (Lipinski definition) is 1. The topological polar surface area (TPSA) is 15.3 Å². The minimum atomic E-state index is 0.755. The Bertz CT molecular complexity index is 555. The molecule has 1 saturated heterocycles. The Hall–Kier alpha value is -0.0800. The predicted molar refractivity (Wildman–Crippen MR) is 235 cm³/mol. The van der Waals surface area contributed by atoms with E-state index in [4.69, 9.17) is 0 Å². The summed E-state index contributed by atoms with van der Waals surface area (Å²) in [6, 6.07) is 0.755. The smallest absolute Gasteiger partial charge is 0.0243 e. The minimum absolute atomic E-state index is 0.755. The summed E-state index contributed by atoms with van der Waals surface area (Å²) in [5, 5.41) is 2.82. The second kappa shape index (κ2) is 40.6. The summed E-state index contributed by atoms with van der Waals surface area (Å²) in [7, 11) is 0. The van der Waals surface area contributed by atoms with E-state index in [0.29, 0.717) is 0 Å². The molecule has 1 heterocycles. The zero-order valence-corrected chi connectivity index (χ0v) is 36.2. The second-order valence-electron chi connectivity index (χ2n) is 18.2. The predicted octanol–water partition coefficient (Wildman–Crippen LogP) is 17.5. The number of nitrogens with one attached hydrogen (secondary N) is 1. The van der Waals surface area contributed by atoms with Crippen molar-refractivity contribution in [3.63, 3.8) is 0 Å². The highest BCUT2D eigenvalue weighted by molar-refractivity contribution is 4.71. The summed E-state index contributed by atoms with van der Waals surface area (Å²) in [5.41, 5.74) is 4.09. The molecule has 310 valence electrons. The molecule has 0 aromatic rings. The molecule has 1 N–H and O–H groups in total. The molecule has 0 amide bonds. The molecule has 2 heteroatoms. The van der Waals surface area contributed by atoms with Crippen LogP contribution in [0.3, 0.4) is 0 Å². The highest BCUT2D eigenvalue weighted by Crippen LogP contribution is 2.22. The van der Waals surface area contributed by atoms with Gasteiger partial charge in [-0.15, -0.1) is 0 Å². The van der Waals surface area contributed by atoms with Crippen LogP contribution in [0, 0.1) is 0 Å². The van der Waals surface area contributed by atoms with Gasteiger partial charge in [-0.1, -0.05) is 276 Å². The molecule has 52 heavy (non-hydrogen) atoms. The second-order valence-corrected chi connectivity index (χ2v) is 18.2. The van der Waals surface area contributed by atoms with Crippen LogP contribution in [-0.2, 0) is 0 Å². The molecular formula is C50H100N2. The fourth-order valence-corrected chi connectivity index (χ4v) is 9.48. The number of rotatable bonds is 1. The van der Waals surface area contributed by atoms with Gasteiger partial charge < -0.3 is 0 Å². The zero-order chi connectivity index (χ0) is 36.5. The van der Waals surface area contributed by atoms with Gasteiger partial charge in [-0.05, 0) is 25.7 Å². The van der Waals surface area contributed by atoms with Crippen molar-refractivity contribution in [2.45, 2.75) is 308 Å². The molecule has 1 aliphatic heterocycles. The standard InChI is InChI=1S/C50H100N2/c1-2-6-10-14-18-22-26-30-34-38-42-46-50(47-43-39-35-31-27-23-19-15-11-7-3-1)52-49-45-41-37-33-29-25-21-17-13-9-5-4-8-12-16-20-24-28-32-36-40-44-48-51-52/h50-51H,1-49H2. The van der Waals surface area contributed by atoms with Crippen LogP contribution in [0.1, 0.15) is 302 Å². The molecule has 1 aliphatic carbocycles. The molecule has 0 aromatic carbocycles. The lowest BCUT2D eigenvalue weighted by Gasteiger charge is -2.33. The van der Waals surface area contributed by atoms with E-state index in [1.54, 1.807) is 0 Å². The molecule has 1 saturated carbocycles. The largest absolute Gasteiger partial charge is 0.255 e. The molecular weight excluding hydrogens is 629 g/mol. The Balaban J connectivity index is 1.83. The van der Waals surface area contributed by atoms with E-state index in [0.717, 1.165) is 6.04 Å². The van der Waals surface area contributed by atoms with Crippen molar-refractivity contribution >= 4 is 0 Å². The molecule has 0 atom stereocenters. The number of hydrazine groups is 1. The van der Waals surface area contributed by atoms with Gasteiger partial charge in [0, 0.05) is 19.1 Å². The fourth-order valence-electron chi connectivity index (χ4n) is 9.48. The number of hydrogen-bond acceptors (Lipinski definition) is 2. The van der Waals surface area contributed by atoms with Crippen molar-refractivity contribution in [3.05, 3.63) is 0 Å². The van der Waals surface area contributed by atoms with Crippen LogP contribution in [-0.4, -0.2) is 24.1 Å². The first-order valence-electron chi connectivity index (χ1n) is 25.5. The lowest BCUT2D eigenvalue weighted by molar-refractivity contribution is 0.102. The molecule has 2 aliphatic rings. The van der Waals surface area contributed by atoms with Crippen LogP contribution in [0.15, 0.2) is 0 Å². The van der Waals surface area contributed by atoms with Crippen LogP contribution >= 0.6 is 0 Å². The zero-order valence-electron chi connectivity index (χ0n) is 36.2. The maximum Gasteiger partial charge on any atom is 0.0243 e. The van der Waals surface area contributed by atoms with Crippen LogP contribution in [0.5, 0.6) is 0 Å². The third kappa shape index (κ3) is 33.3. The molecule has 0 spiro atoms. The monoisotopic (exact) mass is 729 g/mol. The first-order chi connectivity index (χ1) is 26.0. The van der Waals surface area contributed by atoms with E-state index in [9.17, 15) is 0 Å². The van der Waals surface area contributed by atoms with Crippen LogP contribution < -0.4 is 5.43 Å². The van der Waals surface area contributed by atoms with Gasteiger partial charge in [0.25, 0.3) is 0 Å². The molecule has 0 aromatic heterocycles. The van der Waals surface area contributed by atoms with Crippen LogP contribution in [0.4, 0.5) is 0 Å². The Morgan fingerprint density at radius 3 is 0.654 bits per heavy atom. The van der Waals surface area contributed by atoms with Gasteiger partial charge in [0.1, 0.15) is 0 Å². The summed E-state index contributed by atoms with van der Waals surface area (Å²) >= 11 is 0. The summed E-state index contributed by atoms with van der Waals surface area (Å²) in [6.07, 6.45) is 69.2. The third-order valence-electron chi connectivity index (χ3n) is 13.2. The average molecular weight is 729 g/mol. The van der Waals surface area contributed by atoms with Crippen LogP contribution in [0.25, 0.3) is 0 Å². The lowest BCUT2D eigenvalue weighted by Crippen LogP contribution is -2.46. The van der Waals surface area contributed by atoms with Crippen LogP contribution in [0.2, 0.25) is 0 Å². The van der Waals surface area contributed by atoms with E-state index >= 15 is 0 Å². The van der Waals surface area contributed by atoms with Gasteiger partial charge in [0.15, 0.2) is 0 Å². The van der Waals surface area contributed by atoms with Gasteiger partial charge in [-0.3, -0.25) is 5.43 Å². The van der Waals surface area contributed by atoms with E-state index in [1.165, 1.54) is 315 Å². The van der Waals surface area contributed by atoms with E-state index in [1.807, 2.05) is 0 Å². The molecule has 0 unspecified atom stereocenters. The Kier molecular flexibility index (Phi) is 37.5. The summed E-state index contributed by atoms with van der Waals surface area (Å²) in [6.45, 7) is 2.49. The quantitative estimate of drug-likeness (QED) is 0.289. The highest BCUT2D eigenvalue weighted by Gasteiger charge is 2.18. The molecule has 0 radical (unpaired) electrons. The molecule has 2 rings (SSSR count). The van der Waals surface area contributed by atoms with Gasteiger partial charge in [0.2, 0.25) is 0 Å². The van der Waals surface area contributed by atoms with Crippen molar-refractivity contribution in [1.29, 1.82) is 0 Å². The van der Waals surface area contributed by atoms with Crippen molar-refractivity contribution in [2.24, 2.45) is 0 Å².